The maximum Gasteiger partial charge on any atom is 0.339 e. The van der Waals surface area contributed by atoms with Gasteiger partial charge in [-0.05, 0) is 29.8 Å². The van der Waals surface area contributed by atoms with Crippen LogP contribution in [-0.2, 0) is 21.3 Å². The largest absolute Gasteiger partial charge is 0.465 e. The first-order valence-electron chi connectivity index (χ1n) is 6.75. The summed E-state index contributed by atoms with van der Waals surface area (Å²) in [7, 11) is -2.55. The Balaban J connectivity index is 2.04. The Morgan fingerprint density at radius 1 is 1.25 bits per heavy atom. The van der Waals surface area contributed by atoms with Crippen molar-refractivity contribution in [1.82, 2.24) is 10.3 Å². The molecule has 1 aromatic carbocycles. The molecular formula is C15H15N3O5S. The number of primary sulfonamides is 1. The van der Waals surface area contributed by atoms with Gasteiger partial charge in [-0.1, -0.05) is 12.1 Å². The SMILES string of the molecule is COC(=O)c1ccc(C(=O)NCc2cccc(S(N)(=O)=O)c2)nc1. The third-order valence-electron chi connectivity index (χ3n) is 3.10. The van der Waals surface area contributed by atoms with E-state index in [1.54, 1.807) is 6.07 Å². The van der Waals surface area contributed by atoms with Gasteiger partial charge in [-0.25, -0.2) is 18.4 Å². The minimum atomic E-state index is -3.80. The minimum absolute atomic E-state index is 0.0326. The number of ether oxygens (including phenoxy) is 1. The lowest BCUT2D eigenvalue weighted by atomic mass is 10.2. The molecule has 9 heteroatoms. The number of esters is 1. The normalized spacial score (nSPS) is 10.9. The van der Waals surface area contributed by atoms with Crippen molar-refractivity contribution in [3.63, 3.8) is 0 Å². The molecule has 0 unspecified atom stereocenters. The van der Waals surface area contributed by atoms with Crippen molar-refractivity contribution >= 4 is 21.9 Å². The number of nitrogens with two attached hydrogens (primary N) is 1. The number of hydrogen-bond acceptors (Lipinski definition) is 6. The molecule has 0 aliphatic rings. The molecule has 1 amide bonds. The summed E-state index contributed by atoms with van der Waals surface area (Å²) in [4.78, 5) is 27.2. The van der Waals surface area contributed by atoms with Gasteiger partial charge < -0.3 is 10.1 Å². The van der Waals surface area contributed by atoms with E-state index in [2.05, 4.69) is 15.0 Å². The van der Waals surface area contributed by atoms with Gasteiger partial charge in [0.2, 0.25) is 10.0 Å². The second-order valence-electron chi connectivity index (χ2n) is 4.80. The molecule has 126 valence electrons. The van der Waals surface area contributed by atoms with E-state index in [1.165, 1.54) is 43.6 Å². The zero-order valence-electron chi connectivity index (χ0n) is 12.7. The fourth-order valence-electron chi connectivity index (χ4n) is 1.87. The molecule has 0 saturated heterocycles. The Morgan fingerprint density at radius 2 is 2.00 bits per heavy atom. The second kappa shape index (κ2) is 7.20. The highest BCUT2D eigenvalue weighted by Crippen LogP contribution is 2.10. The van der Waals surface area contributed by atoms with Gasteiger partial charge in [-0.15, -0.1) is 0 Å². The molecule has 1 heterocycles. The Bertz CT molecular complexity index is 863. The van der Waals surface area contributed by atoms with E-state index in [0.29, 0.717) is 5.56 Å². The van der Waals surface area contributed by atoms with E-state index in [4.69, 9.17) is 5.14 Å². The molecule has 3 N–H and O–H groups in total. The Kier molecular flexibility index (Phi) is 5.27. The lowest BCUT2D eigenvalue weighted by Gasteiger charge is -2.07. The van der Waals surface area contributed by atoms with Crippen LogP contribution in [0.4, 0.5) is 0 Å². The molecule has 0 spiro atoms. The van der Waals surface area contributed by atoms with Crippen LogP contribution in [0.1, 0.15) is 26.4 Å². The summed E-state index contributed by atoms with van der Waals surface area (Å²) < 4.78 is 27.1. The molecular weight excluding hydrogens is 334 g/mol. The number of pyridine rings is 1. The Morgan fingerprint density at radius 3 is 2.58 bits per heavy atom. The van der Waals surface area contributed by atoms with Crippen LogP contribution in [0.3, 0.4) is 0 Å². The van der Waals surface area contributed by atoms with Gasteiger partial charge in [0.1, 0.15) is 5.69 Å². The van der Waals surface area contributed by atoms with E-state index >= 15 is 0 Å². The number of nitrogens with one attached hydrogen (secondary N) is 1. The smallest absolute Gasteiger partial charge is 0.339 e. The number of rotatable bonds is 5. The predicted octanol–water partition coefficient (Wildman–Crippen LogP) is 0.446. The number of hydrogen-bond donors (Lipinski definition) is 2. The van der Waals surface area contributed by atoms with Crippen LogP contribution >= 0.6 is 0 Å². The molecule has 1 aromatic heterocycles. The first-order chi connectivity index (χ1) is 11.3. The molecule has 0 radical (unpaired) electrons. The molecule has 0 fully saturated rings. The standard InChI is InChI=1S/C15H15N3O5S/c1-23-15(20)11-5-6-13(17-9-11)14(19)18-8-10-3-2-4-12(7-10)24(16,21)22/h2-7,9H,8H2,1H3,(H,18,19)(H2,16,21,22). The Hall–Kier alpha value is -2.78. The third-order valence-corrected chi connectivity index (χ3v) is 4.01. The number of methoxy groups -OCH3 is 1. The fraction of sp³-hybridized carbons (Fsp3) is 0.133. The molecule has 0 atom stereocenters. The van der Waals surface area contributed by atoms with E-state index in [-0.39, 0.29) is 22.7 Å². The van der Waals surface area contributed by atoms with Crippen LogP contribution < -0.4 is 10.5 Å². The molecule has 2 aromatic rings. The average Bonchev–Trinajstić information content (AvgIpc) is 2.58. The van der Waals surface area contributed by atoms with Crippen LogP contribution in [-0.4, -0.2) is 32.4 Å². The highest BCUT2D eigenvalue weighted by Gasteiger charge is 2.11. The summed E-state index contributed by atoms with van der Waals surface area (Å²) in [5.74, 6) is -1.01. The molecule has 0 aliphatic heterocycles. The number of sulfonamides is 1. The van der Waals surface area contributed by atoms with Crippen molar-refractivity contribution in [2.75, 3.05) is 7.11 Å². The molecule has 2 rings (SSSR count). The van der Waals surface area contributed by atoms with Crippen LogP contribution in [0.5, 0.6) is 0 Å². The van der Waals surface area contributed by atoms with Gasteiger partial charge in [0, 0.05) is 12.7 Å². The maximum atomic E-state index is 12.0. The van der Waals surface area contributed by atoms with Crippen LogP contribution in [0.25, 0.3) is 0 Å². The van der Waals surface area contributed by atoms with Crippen LogP contribution in [0.15, 0.2) is 47.5 Å². The van der Waals surface area contributed by atoms with E-state index in [1.807, 2.05) is 0 Å². The van der Waals surface area contributed by atoms with Crippen LogP contribution in [0, 0.1) is 0 Å². The number of amides is 1. The molecule has 0 bridgehead atoms. The van der Waals surface area contributed by atoms with Crippen molar-refractivity contribution in [2.45, 2.75) is 11.4 Å². The Labute approximate surface area is 138 Å². The van der Waals surface area contributed by atoms with Gasteiger partial charge in [0.15, 0.2) is 0 Å². The number of carbonyl (C=O) groups excluding carboxylic acids is 2. The van der Waals surface area contributed by atoms with Crippen molar-refractivity contribution in [3.05, 3.63) is 59.4 Å². The minimum Gasteiger partial charge on any atom is -0.465 e. The van der Waals surface area contributed by atoms with Gasteiger partial charge in [0.05, 0.1) is 17.6 Å². The number of carbonyl (C=O) groups is 2. The van der Waals surface area contributed by atoms with Crippen molar-refractivity contribution in [1.29, 1.82) is 0 Å². The van der Waals surface area contributed by atoms with Gasteiger partial charge in [-0.3, -0.25) is 9.78 Å². The van der Waals surface area contributed by atoms with E-state index < -0.39 is 21.9 Å². The highest BCUT2D eigenvalue weighted by molar-refractivity contribution is 7.89. The number of benzene rings is 1. The first-order valence-corrected chi connectivity index (χ1v) is 8.30. The summed E-state index contributed by atoms with van der Waals surface area (Å²) in [5, 5.41) is 7.66. The molecule has 0 aliphatic carbocycles. The monoisotopic (exact) mass is 349 g/mol. The number of aromatic nitrogens is 1. The highest BCUT2D eigenvalue weighted by atomic mass is 32.2. The van der Waals surface area contributed by atoms with Crippen molar-refractivity contribution in [3.8, 4) is 0 Å². The van der Waals surface area contributed by atoms with Crippen molar-refractivity contribution < 1.29 is 22.7 Å². The van der Waals surface area contributed by atoms with Gasteiger partial charge >= 0.3 is 5.97 Å². The molecule has 24 heavy (non-hydrogen) atoms. The predicted molar refractivity (Wildman–Crippen MR) is 84.6 cm³/mol. The number of nitrogens with zero attached hydrogens (tertiary/aromatic N) is 1. The fourth-order valence-corrected chi connectivity index (χ4v) is 2.46. The van der Waals surface area contributed by atoms with E-state index in [0.717, 1.165) is 0 Å². The second-order valence-corrected chi connectivity index (χ2v) is 6.36. The molecule has 0 saturated carbocycles. The first kappa shape index (κ1) is 17.6. The lowest BCUT2D eigenvalue weighted by Crippen LogP contribution is -2.24. The van der Waals surface area contributed by atoms with Gasteiger partial charge in [0.25, 0.3) is 5.91 Å². The lowest BCUT2D eigenvalue weighted by molar-refractivity contribution is 0.0599. The summed E-state index contributed by atoms with van der Waals surface area (Å²) >= 11 is 0. The molecule has 8 nitrogen and oxygen atoms in total. The summed E-state index contributed by atoms with van der Waals surface area (Å²) in [6, 6.07) is 8.75. The zero-order valence-corrected chi connectivity index (χ0v) is 13.5. The summed E-state index contributed by atoms with van der Waals surface area (Å²) in [6.45, 7) is 0.0998. The van der Waals surface area contributed by atoms with Crippen LogP contribution in [0.2, 0.25) is 0 Å². The van der Waals surface area contributed by atoms with Crippen molar-refractivity contribution in [2.24, 2.45) is 5.14 Å². The average molecular weight is 349 g/mol. The quantitative estimate of drug-likeness (QED) is 0.754. The third kappa shape index (κ3) is 4.37. The summed E-state index contributed by atoms with van der Waals surface area (Å²) in [6.07, 6.45) is 1.24. The zero-order chi connectivity index (χ0) is 17.7. The topological polar surface area (TPSA) is 128 Å². The maximum absolute atomic E-state index is 12.0. The summed E-state index contributed by atoms with van der Waals surface area (Å²) in [5.41, 5.74) is 0.918. The van der Waals surface area contributed by atoms with Gasteiger partial charge in [-0.2, -0.15) is 0 Å². The van der Waals surface area contributed by atoms with E-state index in [9.17, 15) is 18.0 Å².